The summed E-state index contributed by atoms with van der Waals surface area (Å²) < 4.78 is 8.74. The summed E-state index contributed by atoms with van der Waals surface area (Å²) in [5.41, 5.74) is 13.1. The van der Waals surface area contributed by atoms with Crippen LogP contribution in [-0.4, -0.2) is 4.57 Å². The van der Waals surface area contributed by atoms with Gasteiger partial charge in [0.05, 0.1) is 16.7 Å². The van der Waals surface area contributed by atoms with E-state index in [9.17, 15) is 0 Å². The summed E-state index contributed by atoms with van der Waals surface area (Å²) >= 11 is 0. The molecular weight excluding hydrogens is 621 g/mol. The smallest absolute Gasteiger partial charge is 0.136 e. The second-order valence-electron chi connectivity index (χ2n) is 13.0. The molecule has 240 valence electrons. The zero-order valence-electron chi connectivity index (χ0n) is 27.8. The van der Waals surface area contributed by atoms with Crippen molar-refractivity contribution in [2.45, 2.75) is 0 Å². The first-order valence-corrected chi connectivity index (χ1v) is 17.4. The zero-order valence-corrected chi connectivity index (χ0v) is 27.8. The van der Waals surface area contributed by atoms with Crippen LogP contribution in [0, 0.1) is 0 Å². The normalized spacial score (nSPS) is 11.5. The van der Waals surface area contributed by atoms with E-state index in [1.807, 2.05) is 12.1 Å². The van der Waals surface area contributed by atoms with Gasteiger partial charge in [-0.1, -0.05) is 127 Å². The predicted octanol–water partition coefficient (Wildman–Crippen LogP) is 13.5. The number of hydrogen-bond donors (Lipinski definition) is 0. The number of aromatic nitrogens is 1. The molecule has 2 aromatic heterocycles. The highest BCUT2D eigenvalue weighted by atomic mass is 16.3. The number of para-hydroxylation sites is 4. The van der Waals surface area contributed by atoms with E-state index < -0.39 is 0 Å². The van der Waals surface area contributed by atoms with E-state index in [2.05, 4.69) is 191 Å². The van der Waals surface area contributed by atoms with Crippen LogP contribution in [-0.2, 0) is 0 Å². The minimum absolute atomic E-state index is 0.884. The Hall–Kier alpha value is -6.84. The van der Waals surface area contributed by atoms with Crippen LogP contribution >= 0.6 is 0 Å². The van der Waals surface area contributed by atoms with Gasteiger partial charge >= 0.3 is 0 Å². The number of furan rings is 1. The molecule has 10 rings (SSSR count). The Labute approximate surface area is 295 Å². The van der Waals surface area contributed by atoms with Gasteiger partial charge in [-0.3, -0.25) is 0 Å². The van der Waals surface area contributed by atoms with E-state index in [0.29, 0.717) is 0 Å². The molecule has 0 spiro atoms. The van der Waals surface area contributed by atoms with Crippen LogP contribution in [0.4, 0.5) is 17.1 Å². The van der Waals surface area contributed by atoms with Crippen LogP contribution < -0.4 is 4.90 Å². The minimum Gasteiger partial charge on any atom is -0.456 e. The lowest BCUT2D eigenvalue weighted by atomic mass is 9.99. The molecule has 0 fully saturated rings. The van der Waals surface area contributed by atoms with Crippen molar-refractivity contribution in [1.29, 1.82) is 0 Å². The topological polar surface area (TPSA) is 21.3 Å². The van der Waals surface area contributed by atoms with E-state index in [1.165, 1.54) is 27.4 Å². The van der Waals surface area contributed by atoms with Crippen LogP contribution in [0.5, 0.6) is 0 Å². The molecule has 51 heavy (non-hydrogen) atoms. The van der Waals surface area contributed by atoms with Gasteiger partial charge in [-0.05, 0) is 83.4 Å². The van der Waals surface area contributed by atoms with Gasteiger partial charge < -0.3 is 13.9 Å². The highest BCUT2D eigenvalue weighted by Gasteiger charge is 2.20. The Balaban J connectivity index is 1.19. The van der Waals surface area contributed by atoms with E-state index in [4.69, 9.17) is 4.42 Å². The fourth-order valence-corrected chi connectivity index (χ4v) is 7.66. The van der Waals surface area contributed by atoms with Crippen molar-refractivity contribution in [1.82, 2.24) is 4.57 Å². The van der Waals surface area contributed by atoms with Crippen molar-refractivity contribution < 1.29 is 4.42 Å². The third-order valence-electron chi connectivity index (χ3n) is 9.97. The van der Waals surface area contributed by atoms with E-state index in [0.717, 1.165) is 61.4 Å². The van der Waals surface area contributed by atoms with E-state index >= 15 is 0 Å². The van der Waals surface area contributed by atoms with Crippen LogP contribution in [0.2, 0.25) is 0 Å². The first kappa shape index (κ1) is 29.1. The van der Waals surface area contributed by atoms with Crippen molar-refractivity contribution in [3.8, 4) is 27.9 Å². The maximum Gasteiger partial charge on any atom is 0.136 e. The van der Waals surface area contributed by atoms with Gasteiger partial charge in [0.25, 0.3) is 0 Å². The number of anilines is 3. The summed E-state index contributed by atoms with van der Waals surface area (Å²) in [6.45, 7) is 0. The van der Waals surface area contributed by atoms with Crippen LogP contribution in [0.25, 0.3) is 71.7 Å². The summed E-state index contributed by atoms with van der Waals surface area (Å²) in [5.74, 6) is 0. The van der Waals surface area contributed by atoms with E-state index in [-0.39, 0.29) is 0 Å². The maximum atomic E-state index is 6.36. The van der Waals surface area contributed by atoms with Crippen molar-refractivity contribution in [3.05, 3.63) is 194 Å². The average molecular weight is 653 g/mol. The third-order valence-corrected chi connectivity index (χ3v) is 9.97. The number of rotatable bonds is 6. The standard InChI is InChI=1S/C48H32N2O/c1-2-14-33(15-3-1)34-16-12-17-36(30-34)49(37-18-13-19-38(32-37)50-45-25-9-5-21-40(45)41-22-6-10-26-46(41)50)44-24-8-4-20-39(44)35-28-29-43-42-23-7-11-27-47(42)51-48(43)31-35/h1-32H. The minimum atomic E-state index is 0.884. The average Bonchev–Trinajstić information content (AvgIpc) is 3.74. The van der Waals surface area contributed by atoms with Gasteiger partial charge in [0.1, 0.15) is 11.2 Å². The molecule has 0 aliphatic carbocycles. The molecule has 0 aliphatic heterocycles. The second kappa shape index (κ2) is 11.9. The molecular formula is C48H32N2O. The number of benzene rings is 8. The molecule has 10 aromatic rings. The molecule has 0 saturated carbocycles. The Morgan fingerprint density at radius 3 is 1.78 bits per heavy atom. The summed E-state index contributed by atoms with van der Waals surface area (Å²) in [7, 11) is 0. The van der Waals surface area contributed by atoms with Gasteiger partial charge in [-0.15, -0.1) is 0 Å². The lowest BCUT2D eigenvalue weighted by Crippen LogP contribution is -2.12. The lowest BCUT2D eigenvalue weighted by molar-refractivity contribution is 0.669. The molecule has 0 N–H and O–H groups in total. The highest BCUT2D eigenvalue weighted by Crippen LogP contribution is 2.44. The summed E-state index contributed by atoms with van der Waals surface area (Å²) in [4.78, 5) is 2.39. The lowest BCUT2D eigenvalue weighted by Gasteiger charge is -2.29. The Morgan fingerprint density at radius 2 is 0.980 bits per heavy atom. The van der Waals surface area contributed by atoms with Crippen LogP contribution in [0.3, 0.4) is 0 Å². The molecule has 0 aliphatic rings. The van der Waals surface area contributed by atoms with Crippen molar-refractivity contribution in [2.75, 3.05) is 4.90 Å². The van der Waals surface area contributed by atoms with Crippen molar-refractivity contribution in [3.63, 3.8) is 0 Å². The molecule has 0 radical (unpaired) electrons. The number of fused-ring (bicyclic) bond motifs is 6. The summed E-state index contributed by atoms with van der Waals surface area (Å²) in [5, 5.41) is 4.75. The molecule has 0 bridgehead atoms. The van der Waals surface area contributed by atoms with Gasteiger partial charge in [0, 0.05) is 44.2 Å². The molecule has 3 nitrogen and oxygen atoms in total. The van der Waals surface area contributed by atoms with E-state index in [1.54, 1.807) is 0 Å². The first-order chi connectivity index (χ1) is 25.3. The molecule has 0 atom stereocenters. The van der Waals surface area contributed by atoms with Crippen LogP contribution in [0.1, 0.15) is 0 Å². The molecule has 0 unspecified atom stereocenters. The highest BCUT2D eigenvalue weighted by molar-refractivity contribution is 6.09. The number of hydrogen-bond acceptors (Lipinski definition) is 2. The largest absolute Gasteiger partial charge is 0.456 e. The maximum absolute atomic E-state index is 6.36. The monoisotopic (exact) mass is 652 g/mol. The predicted molar refractivity (Wildman–Crippen MR) is 214 cm³/mol. The fourth-order valence-electron chi connectivity index (χ4n) is 7.66. The van der Waals surface area contributed by atoms with Gasteiger partial charge in [-0.25, -0.2) is 0 Å². The second-order valence-corrected chi connectivity index (χ2v) is 13.0. The van der Waals surface area contributed by atoms with Crippen molar-refractivity contribution in [2.24, 2.45) is 0 Å². The number of nitrogens with zero attached hydrogens (tertiary/aromatic N) is 2. The SMILES string of the molecule is c1ccc(-c2cccc(N(c3cccc(-n4c5ccccc5c5ccccc54)c3)c3ccccc3-c3ccc4c(c3)oc3ccccc34)c2)cc1. The molecule has 3 heteroatoms. The molecule has 8 aromatic carbocycles. The quantitative estimate of drug-likeness (QED) is 0.178. The Kier molecular flexibility index (Phi) is 6.81. The zero-order chi connectivity index (χ0) is 33.7. The Bertz CT molecular complexity index is 2830. The van der Waals surface area contributed by atoms with Crippen molar-refractivity contribution >= 4 is 60.8 Å². The summed E-state index contributed by atoms with van der Waals surface area (Å²) in [6.07, 6.45) is 0. The third kappa shape index (κ3) is 4.90. The molecule has 2 heterocycles. The molecule has 0 amide bonds. The fraction of sp³-hybridized carbons (Fsp3) is 0. The summed E-state index contributed by atoms with van der Waals surface area (Å²) in [6, 6.07) is 69.2. The Morgan fingerprint density at radius 1 is 0.373 bits per heavy atom. The van der Waals surface area contributed by atoms with Gasteiger partial charge in [-0.2, -0.15) is 0 Å². The molecule has 0 saturated heterocycles. The first-order valence-electron chi connectivity index (χ1n) is 17.4. The van der Waals surface area contributed by atoms with Gasteiger partial charge in [0.15, 0.2) is 0 Å². The van der Waals surface area contributed by atoms with Gasteiger partial charge in [0.2, 0.25) is 0 Å². The van der Waals surface area contributed by atoms with Crippen LogP contribution in [0.15, 0.2) is 199 Å².